The number of anilines is 1. The Morgan fingerprint density at radius 1 is 1.04 bits per heavy atom. The summed E-state index contributed by atoms with van der Waals surface area (Å²) in [6.45, 7) is 4.03. The second-order valence-corrected chi connectivity index (χ2v) is 7.71. The zero-order valence-electron chi connectivity index (χ0n) is 15.5. The summed E-state index contributed by atoms with van der Waals surface area (Å²) in [4.78, 5) is 28.2. The Morgan fingerprint density at radius 2 is 1.78 bits per heavy atom. The molecule has 1 fully saturated rings. The molecule has 1 aliphatic heterocycles. The molecule has 1 aliphatic rings. The lowest BCUT2D eigenvalue weighted by Gasteiger charge is -2.19. The minimum absolute atomic E-state index is 0.000494. The van der Waals surface area contributed by atoms with Gasteiger partial charge >= 0.3 is 6.03 Å². The SMILES string of the molecule is Cc1cccc(NC(=O)NCCSc2ccccc2)c1C(=O)N1CCCC1. The fourth-order valence-electron chi connectivity index (χ4n) is 3.15. The van der Waals surface area contributed by atoms with Crippen molar-refractivity contribution in [3.05, 3.63) is 59.7 Å². The number of hydrogen-bond acceptors (Lipinski definition) is 3. The van der Waals surface area contributed by atoms with Gasteiger partial charge in [0.05, 0.1) is 11.3 Å². The molecule has 1 heterocycles. The third kappa shape index (κ3) is 5.26. The number of nitrogens with one attached hydrogen (secondary N) is 2. The molecular weight excluding hydrogens is 358 g/mol. The van der Waals surface area contributed by atoms with Crippen LogP contribution in [0.15, 0.2) is 53.4 Å². The van der Waals surface area contributed by atoms with E-state index in [9.17, 15) is 9.59 Å². The van der Waals surface area contributed by atoms with Crippen LogP contribution >= 0.6 is 11.8 Å². The Kier molecular flexibility index (Phi) is 6.76. The molecule has 0 bridgehead atoms. The summed E-state index contributed by atoms with van der Waals surface area (Å²) in [7, 11) is 0. The molecule has 0 unspecified atom stereocenters. The highest BCUT2D eigenvalue weighted by Crippen LogP contribution is 2.23. The van der Waals surface area contributed by atoms with Crippen molar-refractivity contribution in [3.63, 3.8) is 0 Å². The molecule has 2 aromatic carbocycles. The monoisotopic (exact) mass is 383 g/mol. The second-order valence-electron chi connectivity index (χ2n) is 6.54. The van der Waals surface area contributed by atoms with E-state index in [0.29, 0.717) is 17.8 Å². The third-order valence-electron chi connectivity index (χ3n) is 4.53. The Labute approximate surface area is 164 Å². The molecule has 2 aromatic rings. The molecule has 142 valence electrons. The summed E-state index contributed by atoms with van der Waals surface area (Å²) in [6.07, 6.45) is 2.08. The van der Waals surface area contributed by atoms with Crippen LogP contribution < -0.4 is 10.6 Å². The number of hydrogen-bond donors (Lipinski definition) is 2. The van der Waals surface area contributed by atoms with Crippen molar-refractivity contribution in [2.24, 2.45) is 0 Å². The minimum atomic E-state index is -0.287. The summed E-state index contributed by atoms with van der Waals surface area (Å²) < 4.78 is 0. The van der Waals surface area contributed by atoms with Crippen molar-refractivity contribution < 1.29 is 9.59 Å². The molecule has 27 heavy (non-hydrogen) atoms. The zero-order valence-corrected chi connectivity index (χ0v) is 16.3. The number of urea groups is 1. The maximum Gasteiger partial charge on any atom is 0.319 e. The number of thioether (sulfide) groups is 1. The number of carbonyl (C=O) groups is 2. The van der Waals surface area contributed by atoms with Crippen LogP contribution in [0.3, 0.4) is 0 Å². The van der Waals surface area contributed by atoms with Gasteiger partial charge in [-0.25, -0.2) is 4.79 Å². The van der Waals surface area contributed by atoms with Gasteiger partial charge in [-0.05, 0) is 43.5 Å². The largest absolute Gasteiger partial charge is 0.339 e. The van der Waals surface area contributed by atoms with Crippen molar-refractivity contribution in [3.8, 4) is 0 Å². The smallest absolute Gasteiger partial charge is 0.319 e. The number of rotatable bonds is 6. The molecule has 0 radical (unpaired) electrons. The van der Waals surface area contributed by atoms with E-state index in [4.69, 9.17) is 0 Å². The van der Waals surface area contributed by atoms with Crippen LogP contribution in [0.5, 0.6) is 0 Å². The maximum atomic E-state index is 12.8. The van der Waals surface area contributed by atoms with Crippen LogP contribution in [-0.4, -0.2) is 42.2 Å². The lowest BCUT2D eigenvalue weighted by molar-refractivity contribution is 0.0793. The highest BCUT2D eigenvalue weighted by atomic mass is 32.2. The van der Waals surface area contributed by atoms with Crippen LogP contribution in [-0.2, 0) is 0 Å². The first-order valence-corrected chi connectivity index (χ1v) is 10.3. The number of benzene rings is 2. The van der Waals surface area contributed by atoms with Crippen molar-refractivity contribution >= 4 is 29.4 Å². The standard InChI is InChI=1S/C21H25N3O2S/c1-16-8-7-11-18(19(16)20(25)24-13-5-6-14-24)23-21(26)22-12-15-27-17-9-3-2-4-10-17/h2-4,7-11H,5-6,12-15H2,1H3,(H2,22,23,26). The Hall–Kier alpha value is -2.47. The van der Waals surface area contributed by atoms with E-state index < -0.39 is 0 Å². The van der Waals surface area contributed by atoms with Gasteiger partial charge in [-0.15, -0.1) is 11.8 Å². The predicted octanol–water partition coefficient (Wildman–Crippen LogP) is 4.14. The molecule has 5 nitrogen and oxygen atoms in total. The topological polar surface area (TPSA) is 61.4 Å². The number of nitrogens with zero attached hydrogens (tertiary/aromatic N) is 1. The first-order chi connectivity index (χ1) is 13.1. The number of carbonyl (C=O) groups excluding carboxylic acids is 2. The van der Waals surface area contributed by atoms with Gasteiger partial charge in [-0.1, -0.05) is 30.3 Å². The first-order valence-electron chi connectivity index (χ1n) is 9.27. The molecule has 0 spiro atoms. The van der Waals surface area contributed by atoms with Gasteiger partial charge in [0.2, 0.25) is 0 Å². The zero-order chi connectivity index (χ0) is 19.1. The molecule has 6 heteroatoms. The summed E-state index contributed by atoms with van der Waals surface area (Å²) in [5.41, 5.74) is 2.04. The molecule has 3 amide bonds. The molecule has 3 rings (SSSR count). The van der Waals surface area contributed by atoms with Crippen molar-refractivity contribution in [2.45, 2.75) is 24.7 Å². The van der Waals surface area contributed by atoms with Gasteiger partial charge in [-0.2, -0.15) is 0 Å². The minimum Gasteiger partial charge on any atom is -0.339 e. The van der Waals surface area contributed by atoms with E-state index in [0.717, 1.165) is 37.2 Å². The summed E-state index contributed by atoms with van der Waals surface area (Å²) in [5, 5.41) is 5.71. The van der Waals surface area contributed by atoms with E-state index in [1.807, 2.05) is 54.3 Å². The van der Waals surface area contributed by atoms with Crippen molar-refractivity contribution in [1.82, 2.24) is 10.2 Å². The first kappa shape index (κ1) is 19.3. The molecule has 1 saturated heterocycles. The predicted molar refractivity (Wildman–Crippen MR) is 111 cm³/mol. The van der Waals surface area contributed by atoms with Crippen LogP contribution in [0.1, 0.15) is 28.8 Å². The van der Waals surface area contributed by atoms with E-state index in [1.165, 1.54) is 4.90 Å². The molecular formula is C21H25N3O2S. The molecule has 0 aromatic heterocycles. The quantitative estimate of drug-likeness (QED) is 0.582. The average Bonchev–Trinajstić information content (AvgIpc) is 3.21. The maximum absolute atomic E-state index is 12.8. The molecule has 0 saturated carbocycles. The van der Waals surface area contributed by atoms with Crippen LogP contribution in [0.2, 0.25) is 0 Å². The highest BCUT2D eigenvalue weighted by molar-refractivity contribution is 7.99. The lowest BCUT2D eigenvalue weighted by Crippen LogP contribution is -2.33. The lowest BCUT2D eigenvalue weighted by atomic mass is 10.1. The number of amides is 3. The molecule has 0 aliphatic carbocycles. The van der Waals surface area contributed by atoms with Gasteiger partial charge in [0.1, 0.15) is 0 Å². The summed E-state index contributed by atoms with van der Waals surface area (Å²) >= 11 is 1.69. The fourth-order valence-corrected chi connectivity index (χ4v) is 3.94. The van der Waals surface area contributed by atoms with Crippen LogP contribution in [0, 0.1) is 6.92 Å². The fraction of sp³-hybridized carbons (Fsp3) is 0.333. The van der Waals surface area contributed by atoms with Gasteiger partial charge in [0, 0.05) is 30.3 Å². The highest BCUT2D eigenvalue weighted by Gasteiger charge is 2.23. The Bertz CT molecular complexity index is 789. The number of likely N-dealkylation sites (tertiary alicyclic amines) is 1. The van der Waals surface area contributed by atoms with Gasteiger partial charge in [-0.3, -0.25) is 4.79 Å². The van der Waals surface area contributed by atoms with Crippen molar-refractivity contribution in [2.75, 3.05) is 30.7 Å². The van der Waals surface area contributed by atoms with E-state index in [2.05, 4.69) is 10.6 Å². The van der Waals surface area contributed by atoms with Gasteiger partial charge in [0.15, 0.2) is 0 Å². The second kappa shape index (κ2) is 9.46. The van der Waals surface area contributed by atoms with Crippen LogP contribution in [0.4, 0.5) is 10.5 Å². The number of aryl methyl sites for hydroxylation is 1. The average molecular weight is 384 g/mol. The van der Waals surface area contributed by atoms with Gasteiger partial charge in [0.25, 0.3) is 5.91 Å². The Balaban J connectivity index is 1.55. The summed E-state index contributed by atoms with van der Waals surface area (Å²) in [6, 6.07) is 15.3. The van der Waals surface area contributed by atoms with Gasteiger partial charge < -0.3 is 15.5 Å². The molecule has 2 N–H and O–H groups in total. The van der Waals surface area contributed by atoms with E-state index in [-0.39, 0.29) is 11.9 Å². The normalized spacial score (nSPS) is 13.4. The van der Waals surface area contributed by atoms with E-state index >= 15 is 0 Å². The molecule has 0 atom stereocenters. The van der Waals surface area contributed by atoms with E-state index in [1.54, 1.807) is 17.8 Å². The summed E-state index contributed by atoms with van der Waals surface area (Å²) in [5.74, 6) is 0.783. The van der Waals surface area contributed by atoms with Crippen molar-refractivity contribution in [1.29, 1.82) is 0 Å². The van der Waals surface area contributed by atoms with Crippen LogP contribution in [0.25, 0.3) is 0 Å². The third-order valence-corrected chi connectivity index (χ3v) is 5.54. The Morgan fingerprint density at radius 3 is 2.52 bits per heavy atom.